The molecule has 0 saturated heterocycles. The molecule has 0 aromatic carbocycles. The Morgan fingerprint density at radius 1 is 1.53 bits per heavy atom. The van der Waals surface area contributed by atoms with Gasteiger partial charge >= 0.3 is 0 Å². The zero-order valence-electron chi connectivity index (χ0n) is 12.1. The Morgan fingerprint density at radius 2 is 2.21 bits per heavy atom. The van der Waals surface area contributed by atoms with Gasteiger partial charge in [-0.15, -0.1) is 11.3 Å². The minimum atomic E-state index is -0.295. The van der Waals surface area contributed by atoms with Crippen molar-refractivity contribution < 1.29 is 4.79 Å². The van der Waals surface area contributed by atoms with Crippen LogP contribution in [0.25, 0.3) is 0 Å². The quantitative estimate of drug-likeness (QED) is 0.767. The molecule has 0 fully saturated rings. The summed E-state index contributed by atoms with van der Waals surface area (Å²) in [5.74, 6) is -0.295. The van der Waals surface area contributed by atoms with E-state index in [0.29, 0.717) is 0 Å². The second-order valence-corrected chi connectivity index (χ2v) is 6.01. The van der Waals surface area contributed by atoms with E-state index in [1.165, 1.54) is 10.4 Å². The fourth-order valence-corrected chi connectivity index (χ4v) is 3.48. The predicted molar refractivity (Wildman–Crippen MR) is 81.1 cm³/mol. The second-order valence-electron chi connectivity index (χ2n) is 5.06. The number of hydrogen-bond donors (Lipinski definition) is 2. The number of carbonyl (C=O) groups is 1. The lowest BCUT2D eigenvalue weighted by Gasteiger charge is -2.33. The molecule has 4 N–H and O–H groups in total. The van der Waals surface area contributed by atoms with Crippen molar-refractivity contribution >= 4 is 17.2 Å². The topological polar surface area (TPSA) is 72.3 Å². The summed E-state index contributed by atoms with van der Waals surface area (Å²) in [6, 6.07) is 2.13. The molecule has 5 heteroatoms. The number of unbranched alkanes of at least 4 members (excludes halogenated alkanes) is 1. The molecule has 108 valence electrons. The van der Waals surface area contributed by atoms with Crippen LogP contribution in [-0.2, 0) is 4.79 Å². The molecule has 1 aromatic rings. The Hall–Kier alpha value is -0.910. The minimum Gasteiger partial charge on any atom is -0.369 e. The zero-order chi connectivity index (χ0) is 14.4. The predicted octanol–water partition coefficient (Wildman–Crippen LogP) is 2.03. The number of nitrogens with two attached hydrogens (primary N) is 2. The molecule has 2 unspecified atom stereocenters. The molecule has 0 radical (unpaired) electrons. The fourth-order valence-electron chi connectivity index (χ4n) is 2.30. The monoisotopic (exact) mass is 283 g/mol. The number of amides is 1. The third-order valence-corrected chi connectivity index (χ3v) is 4.31. The molecule has 0 bridgehead atoms. The van der Waals surface area contributed by atoms with E-state index in [4.69, 9.17) is 11.5 Å². The van der Waals surface area contributed by atoms with E-state index in [2.05, 4.69) is 30.2 Å². The van der Waals surface area contributed by atoms with Gasteiger partial charge in [0.1, 0.15) is 0 Å². The van der Waals surface area contributed by atoms with Crippen LogP contribution in [0.4, 0.5) is 0 Å². The van der Waals surface area contributed by atoms with Gasteiger partial charge < -0.3 is 11.5 Å². The van der Waals surface area contributed by atoms with Gasteiger partial charge in [0.25, 0.3) is 0 Å². The van der Waals surface area contributed by atoms with E-state index in [-0.39, 0.29) is 24.5 Å². The molecule has 0 saturated carbocycles. The van der Waals surface area contributed by atoms with Crippen molar-refractivity contribution in [1.82, 2.24) is 4.90 Å². The van der Waals surface area contributed by atoms with Crippen LogP contribution < -0.4 is 11.5 Å². The van der Waals surface area contributed by atoms with Crippen LogP contribution in [0.15, 0.2) is 11.4 Å². The number of thiophene rings is 1. The number of aryl methyl sites for hydroxylation is 1. The van der Waals surface area contributed by atoms with Crippen LogP contribution in [0.2, 0.25) is 0 Å². The standard InChI is InChI=1S/C14H25N3OS/c1-4-5-7-17(9-12(16)18)13(11(3)15)14-10(2)6-8-19-14/h6,8,11,13H,4-5,7,9,15H2,1-3H3,(H2,16,18). The van der Waals surface area contributed by atoms with Crippen LogP contribution in [0.5, 0.6) is 0 Å². The van der Waals surface area contributed by atoms with Crippen molar-refractivity contribution in [2.24, 2.45) is 11.5 Å². The van der Waals surface area contributed by atoms with Crippen LogP contribution in [-0.4, -0.2) is 29.9 Å². The summed E-state index contributed by atoms with van der Waals surface area (Å²) in [5, 5.41) is 2.07. The van der Waals surface area contributed by atoms with Gasteiger partial charge in [-0.25, -0.2) is 0 Å². The number of carbonyl (C=O) groups excluding carboxylic acids is 1. The zero-order valence-corrected chi connectivity index (χ0v) is 12.9. The van der Waals surface area contributed by atoms with Crippen molar-refractivity contribution in [2.45, 2.75) is 45.7 Å². The molecule has 1 amide bonds. The Bertz CT molecular complexity index is 403. The molecule has 0 aliphatic heterocycles. The molecule has 4 nitrogen and oxygen atoms in total. The summed E-state index contributed by atoms with van der Waals surface area (Å²) in [5.41, 5.74) is 12.8. The van der Waals surface area contributed by atoms with Gasteiger partial charge in [-0.1, -0.05) is 13.3 Å². The maximum Gasteiger partial charge on any atom is 0.231 e. The van der Waals surface area contributed by atoms with E-state index in [1.54, 1.807) is 11.3 Å². The largest absolute Gasteiger partial charge is 0.369 e. The maximum atomic E-state index is 11.3. The summed E-state index contributed by atoms with van der Waals surface area (Å²) in [4.78, 5) is 14.7. The van der Waals surface area contributed by atoms with Crippen molar-refractivity contribution in [3.8, 4) is 0 Å². The first-order valence-electron chi connectivity index (χ1n) is 6.79. The highest BCUT2D eigenvalue weighted by Crippen LogP contribution is 2.30. The second kappa shape index (κ2) is 7.62. The Kier molecular flexibility index (Phi) is 6.48. The molecule has 1 rings (SSSR count). The molecule has 2 atom stereocenters. The minimum absolute atomic E-state index is 0.0337. The average molecular weight is 283 g/mol. The summed E-state index contributed by atoms with van der Waals surface area (Å²) in [6.07, 6.45) is 2.13. The summed E-state index contributed by atoms with van der Waals surface area (Å²) in [6.45, 7) is 7.33. The van der Waals surface area contributed by atoms with Crippen molar-refractivity contribution in [2.75, 3.05) is 13.1 Å². The third-order valence-electron chi connectivity index (χ3n) is 3.22. The Morgan fingerprint density at radius 3 is 2.63 bits per heavy atom. The lowest BCUT2D eigenvalue weighted by molar-refractivity contribution is -0.119. The SMILES string of the molecule is CCCCN(CC(N)=O)C(c1sccc1C)C(C)N. The first-order chi connectivity index (χ1) is 8.97. The van der Waals surface area contributed by atoms with Gasteiger partial charge in [-0.05, 0) is 43.8 Å². The van der Waals surface area contributed by atoms with Crippen LogP contribution in [0.1, 0.15) is 43.2 Å². The van der Waals surface area contributed by atoms with Crippen LogP contribution >= 0.6 is 11.3 Å². The van der Waals surface area contributed by atoms with Crippen molar-refractivity contribution in [1.29, 1.82) is 0 Å². The van der Waals surface area contributed by atoms with Gasteiger partial charge in [0.15, 0.2) is 0 Å². The van der Waals surface area contributed by atoms with E-state index < -0.39 is 0 Å². The van der Waals surface area contributed by atoms with Crippen molar-refractivity contribution in [3.63, 3.8) is 0 Å². The van der Waals surface area contributed by atoms with Crippen LogP contribution in [0.3, 0.4) is 0 Å². The molecular formula is C14H25N3OS. The highest BCUT2D eigenvalue weighted by atomic mass is 32.1. The first-order valence-corrected chi connectivity index (χ1v) is 7.67. The Labute approximate surface area is 119 Å². The van der Waals surface area contributed by atoms with Gasteiger partial charge in [0.05, 0.1) is 12.6 Å². The number of nitrogens with zero attached hydrogens (tertiary/aromatic N) is 1. The van der Waals surface area contributed by atoms with E-state index in [9.17, 15) is 4.79 Å². The highest BCUT2D eigenvalue weighted by molar-refractivity contribution is 7.10. The smallest absolute Gasteiger partial charge is 0.231 e. The number of primary amides is 1. The van der Waals surface area contributed by atoms with Gasteiger partial charge in [0, 0.05) is 10.9 Å². The molecule has 0 aliphatic rings. The number of rotatable bonds is 8. The molecule has 19 heavy (non-hydrogen) atoms. The van der Waals surface area contributed by atoms with Gasteiger partial charge in [-0.2, -0.15) is 0 Å². The van der Waals surface area contributed by atoms with E-state index in [0.717, 1.165) is 19.4 Å². The first kappa shape index (κ1) is 16.1. The summed E-state index contributed by atoms with van der Waals surface area (Å²) < 4.78 is 0. The maximum absolute atomic E-state index is 11.3. The summed E-state index contributed by atoms with van der Waals surface area (Å²) in [7, 11) is 0. The van der Waals surface area contributed by atoms with Crippen LogP contribution in [0, 0.1) is 6.92 Å². The highest BCUT2D eigenvalue weighted by Gasteiger charge is 2.27. The van der Waals surface area contributed by atoms with Gasteiger partial charge in [0.2, 0.25) is 5.91 Å². The number of hydrogen-bond acceptors (Lipinski definition) is 4. The lowest BCUT2D eigenvalue weighted by atomic mass is 10.0. The molecular weight excluding hydrogens is 258 g/mol. The molecule has 1 aromatic heterocycles. The van der Waals surface area contributed by atoms with Gasteiger partial charge in [-0.3, -0.25) is 9.69 Å². The van der Waals surface area contributed by atoms with E-state index >= 15 is 0 Å². The van der Waals surface area contributed by atoms with Crippen molar-refractivity contribution in [3.05, 3.63) is 21.9 Å². The Balaban J connectivity index is 2.97. The normalized spacial score (nSPS) is 14.6. The molecule has 1 heterocycles. The third kappa shape index (κ3) is 4.60. The lowest BCUT2D eigenvalue weighted by Crippen LogP contribution is -2.44. The summed E-state index contributed by atoms with van der Waals surface area (Å²) >= 11 is 1.70. The molecule has 0 spiro atoms. The average Bonchev–Trinajstić information content (AvgIpc) is 2.71. The fraction of sp³-hybridized carbons (Fsp3) is 0.643. The molecule has 0 aliphatic carbocycles. The van der Waals surface area contributed by atoms with E-state index in [1.807, 2.05) is 6.92 Å².